The van der Waals surface area contributed by atoms with Crippen LogP contribution in [0.1, 0.15) is 6.42 Å². The molecule has 0 bridgehead atoms. The number of nitrogens with one attached hydrogen (secondary N) is 4. The van der Waals surface area contributed by atoms with Crippen LogP contribution >= 0.6 is 0 Å². The van der Waals surface area contributed by atoms with E-state index in [9.17, 15) is 34.4 Å². The lowest BCUT2D eigenvalue weighted by molar-refractivity contribution is -1.29. The van der Waals surface area contributed by atoms with Crippen LogP contribution in [0.15, 0.2) is 0 Å². The lowest BCUT2D eigenvalue weighted by Crippen LogP contribution is -3.36. The van der Waals surface area contributed by atoms with Gasteiger partial charge in [0.15, 0.2) is 0 Å². The van der Waals surface area contributed by atoms with Gasteiger partial charge in [-0.25, -0.2) is 25.6 Å². The molecule has 0 aliphatic carbocycles. The summed E-state index contributed by atoms with van der Waals surface area (Å²) in [6.45, 7) is -2.91. The summed E-state index contributed by atoms with van der Waals surface area (Å²) in [6.07, 6.45) is -3.18. The van der Waals surface area contributed by atoms with Crippen molar-refractivity contribution in [1.82, 2.24) is 0 Å². The number of rotatable bonds is 9. The van der Waals surface area contributed by atoms with Gasteiger partial charge in [-0.1, -0.05) is 0 Å². The molecule has 0 aromatic carbocycles. The number of ether oxygens (including phenoxy) is 2. The van der Waals surface area contributed by atoms with E-state index < -0.39 is 58.5 Å². The fraction of sp³-hybridized carbons (Fsp3) is 0.833. The van der Waals surface area contributed by atoms with Crippen molar-refractivity contribution < 1.29 is 64.8 Å². The van der Waals surface area contributed by atoms with Crippen molar-refractivity contribution in [3.05, 3.63) is 20.8 Å². The highest BCUT2D eigenvalue weighted by Crippen LogP contribution is 2.01. The zero-order valence-corrected chi connectivity index (χ0v) is 11.0. The van der Waals surface area contributed by atoms with Gasteiger partial charge in [-0.15, -0.1) is 29.7 Å². The van der Waals surface area contributed by atoms with Gasteiger partial charge in [0, 0.05) is 0 Å². The molecule has 0 amide bonds. The van der Waals surface area contributed by atoms with Crippen molar-refractivity contribution in [2.75, 3.05) is 13.2 Å². The number of quaternary nitrogens is 4. The maximum atomic E-state index is 13.4. The molecule has 0 spiro atoms. The molecule has 0 aliphatic heterocycles. The number of carbonyl (C=O) groups is 1. The molecule has 0 fully saturated rings. The van der Waals surface area contributed by atoms with Gasteiger partial charge in [0.2, 0.25) is 6.61 Å². The molecule has 138 valence electrons. The molecule has 0 rings (SSSR count). The molecule has 15 nitrogen and oxygen atoms in total. The van der Waals surface area contributed by atoms with E-state index >= 15 is 0 Å². The fourth-order valence-electron chi connectivity index (χ4n) is 0.995. The molecule has 0 aromatic rings. The number of carbonyl (C=O) groups excluding carboxylic acids is 1. The van der Waals surface area contributed by atoms with Crippen LogP contribution in [0.25, 0.3) is 0 Å². The standard InChI is InChI=1S/C6H14F2N4O11/c7-5(9(14)15,10(16)17)1-2-22-4(13)23-3-6(8,11(18)19)12(20)21/h9-12,14,16,18,20H,1-3H2. The van der Waals surface area contributed by atoms with E-state index in [1.807, 2.05) is 0 Å². The lowest BCUT2D eigenvalue weighted by atomic mass is 10.3. The quantitative estimate of drug-likeness (QED) is 0.0838. The Kier molecular flexibility index (Phi) is 7.99. The molecule has 4 atom stereocenters. The zero-order valence-electron chi connectivity index (χ0n) is 11.0. The van der Waals surface area contributed by atoms with Crippen molar-refractivity contribution >= 4 is 6.16 Å². The number of alkyl halides is 2. The van der Waals surface area contributed by atoms with Gasteiger partial charge in [0.05, 0.1) is 0 Å². The second-order valence-electron chi connectivity index (χ2n) is 3.96. The summed E-state index contributed by atoms with van der Waals surface area (Å²) in [7, 11) is 0. The van der Waals surface area contributed by atoms with E-state index in [1.54, 1.807) is 0 Å². The fourth-order valence-corrected chi connectivity index (χ4v) is 0.995. The van der Waals surface area contributed by atoms with Crippen LogP contribution in [0.5, 0.6) is 0 Å². The molecular weight excluding hydrogens is 342 g/mol. The second-order valence-corrected chi connectivity index (χ2v) is 3.96. The topological polar surface area (TPSA) is 226 Å². The van der Waals surface area contributed by atoms with Crippen LogP contribution < -0.4 is 20.9 Å². The Hall–Kier alpha value is -1.35. The normalized spacial score (nSPS) is 22.2. The first-order valence-corrected chi connectivity index (χ1v) is 5.49. The second kappa shape index (κ2) is 8.49. The number of hydroxylamine groups is 8. The third-order valence-electron chi connectivity index (χ3n) is 2.41. The first kappa shape index (κ1) is 21.6. The molecule has 8 N–H and O–H groups in total. The van der Waals surface area contributed by atoms with E-state index in [0.29, 0.717) is 0 Å². The molecule has 4 unspecified atom stereocenters. The van der Waals surface area contributed by atoms with E-state index in [4.69, 9.17) is 20.8 Å². The van der Waals surface area contributed by atoms with Crippen molar-refractivity contribution in [3.8, 4) is 0 Å². The van der Waals surface area contributed by atoms with Gasteiger partial charge in [-0.05, 0) is 0 Å². The Balaban J connectivity index is 4.43. The average Bonchev–Trinajstić information content (AvgIpc) is 2.43. The number of hydrogen-bond donors (Lipinski definition) is 8. The molecule has 0 saturated carbocycles. The van der Waals surface area contributed by atoms with Gasteiger partial charge in [-0.2, -0.15) is 0 Å². The first-order chi connectivity index (χ1) is 10.4. The van der Waals surface area contributed by atoms with Gasteiger partial charge >= 0.3 is 18.0 Å². The van der Waals surface area contributed by atoms with E-state index in [1.165, 1.54) is 0 Å². The largest absolute Gasteiger partial charge is 0.593 e. The number of hydrogen-bond acceptors (Lipinski definition) is 11. The van der Waals surface area contributed by atoms with Crippen LogP contribution in [-0.2, 0) is 9.47 Å². The molecule has 0 heterocycles. The minimum atomic E-state index is -3.95. The van der Waals surface area contributed by atoms with Crippen LogP contribution in [0.4, 0.5) is 13.6 Å². The van der Waals surface area contributed by atoms with E-state index in [-0.39, 0.29) is 0 Å². The highest BCUT2D eigenvalue weighted by atomic mass is 19.2. The maximum Gasteiger partial charge on any atom is 0.508 e. The zero-order chi connectivity index (χ0) is 18.4. The summed E-state index contributed by atoms with van der Waals surface area (Å²) in [6, 6.07) is 0. The lowest BCUT2D eigenvalue weighted by Gasteiger charge is -2.33. The van der Waals surface area contributed by atoms with E-state index in [0.717, 1.165) is 0 Å². The summed E-state index contributed by atoms with van der Waals surface area (Å²) in [5.41, 5.74) is 0. The van der Waals surface area contributed by atoms with Crippen LogP contribution in [0, 0.1) is 20.8 Å². The van der Waals surface area contributed by atoms with Crippen molar-refractivity contribution in [3.63, 3.8) is 0 Å². The van der Waals surface area contributed by atoms with Gasteiger partial charge in [-0.3, -0.25) is 0 Å². The first-order valence-electron chi connectivity index (χ1n) is 5.49. The summed E-state index contributed by atoms with van der Waals surface area (Å²) < 4.78 is 34.7. The van der Waals surface area contributed by atoms with Crippen LogP contribution in [-0.4, -0.2) is 52.0 Å². The van der Waals surface area contributed by atoms with Gasteiger partial charge in [0.25, 0.3) is 0 Å². The Morgan fingerprint density at radius 2 is 1.26 bits per heavy atom. The minimum Gasteiger partial charge on any atom is -0.593 e. The Morgan fingerprint density at radius 3 is 1.61 bits per heavy atom. The summed E-state index contributed by atoms with van der Waals surface area (Å²) in [4.78, 5) is 10.9. The van der Waals surface area contributed by atoms with Crippen molar-refractivity contribution in [1.29, 1.82) is 0 Å². The molecular formula is C6H14F2N4O11. The van der Waals surface area contributed by atoms with Crippen LogP contribution in [0.2, 0.25) is 0 Å². The Morgan fingerprint density at radius 1 is 0.870 bits per heavy atom. The minimum absolute atomic E-state index is 1.13. The molecule has 0 aromatic heterocycles. The molecule has 23 heavy (non-hydrogen) atoms. The van der Waals surface area contributed by atoms with Crippen molar-refractivity contribution in [2.45, 2.75) is 18.3 Å². The smallest absolute Gasteiger partial charge is 0.508 e. The third kappa shape index (κ3) is 5.65. The SMILES string of the molecule is O=C(OCCC(F)([NH+]([O-])O)[NH+]([O-])O)OCC(F)([NH+]([O-])O)[NH+]([O-])O. The van der Waals surface area contributed by atoms with E-state index in [2.05, 4.69) is 9.47 Å². The third-order valence-corrected chi connectivity index (χ3v) is 2.41. The number of halogens is 2. The van der Waals surface area contributed by atoms with Crippen molar-refractivity contribution in [2.24, 2.45) is 0 Å². The van der Waals surface area contributed by atoms with Crippen LogP contribution in [0.3, 0.4) is 0 Å². The Bertz CT molecular complexity index is 368. The molecule has 0 saturated heterocycles. The highest BCUT2D eigenvalue weighted by molar-refractivity contribution is 5.59. The molecule has 0 radical (unpaired) electrons. The van der Waals surface area contributed by atoms with Gasteiger partial charge in [0.1, 0.15) is 13.0 Å². The summed E-state index contributed by atoms with van der Waals surface area (Å²) >= 11 is 0. The highest BCUT2D eigenvalue weighted by Gasteiger charge is 2.48. The van der Waals surface area contributed by atoms with Gasteiger partial charge < -0.3 is 30.3 Å². The summed E-state index contributed by atoms with van der Waals surface area (Å²) in [5.74, 6) is -7.71. The average molecular weight is 356 g/mol. The maximum absolute atomic E-state index is 13.4. The monoisotopic (exact) mass is 356 g/mol. The predicted octanol–water partition coefficient (Wildman–Crippen LogP) is -6.14. The summed E-state index contributed by atoms with van der Waals surface area (Å²) in [5, 5.41) is 65.5. The molecule has 17 heteroatoms. The Labute approximate surface area is 124 Å². The predicted molar refractivity (Wildman–Crippen MR) is 54.1 cm³/mol. The molecule has 0 aliphatic rings.